The van der Waals surface area contributed by atoms with Crippen LogP contribution in [0, 0.1) is 12.8 Å². The second kappa shape index (κ2) is 14.7. The standard InChI is InChI=1S/C34H46FN4O2P/c1-10-18-36-33(41-9)31(24(5)26-15-16-26)28(11-2)37-20-29(40-8)22(3)12-13-25-14-17-27(23(4)19-25)32-38-30(21-39(32)7)34(6,35)42/h14,17-21,26H,3,5,10-13,15-16,42H2,1-2,4,6-9H3/b29-20+,33-31-,36-18-,37-28-. The minimum atomic E-state index is -1.57. The Morgan fingerprint density at radius 2 is 1.95 bits per heavy atom. The molecule has 1 aliphatic carbocycles. The molecule has 42 heavy (non-hydrogen) atoms. The summed E-state index contributed by atoms with van der Waals surface area (Å²) in [6.07, 6.45) is 10.6. The molecular weight excluding hydrogens is 546 g/mol. The minimum Gasteiger partial charge on any atom is -0.495 e. The molecule has 2 atom stereocenters. The van der Waals surface area contributed by atoms with Crippen LogP contribution in [0.2, 0.25) is 0 Å². The van der Waals surface area contributed by atoms with Gasteiger partial charge in [0.05, 0.1) is 37.4 Å². The maximum Gasteiger partial charge on any atom is 0.222 e. The Kier molecular flexibility index (Phi) is 11.6. The van der Waals surface area contributed by atoms with E-state index in [-0.39, 0.29) is 0 Å². The van der Waals surface area contributed by atoms with Crippen LogP contribution in [-0.2, 0) is 28.4 Å². The molecule has 226 valence electrons. The number of benzene rings is 1. The number of hydrogen-bond donors (Lipinski definition) is 0. The van der Waals surface area contributed by atoms with E-state index in [4.69, 9.17) is 14.5 Å². The van der Waals surface area contributed by atoms with E-state index in [1.165, 1.54) is 12.5 Å². The molecule has 0 radical (unpaired) electrons. The number of aromatic nitrogens is 2. The van der Waals surface area contributed by atoms with Gasteiger partial charge in [-0.3, -0.25) is 4.99 Å². The van der Waals surface area contributed by atoms with E-state index in [1.807, 2.05) is 24.8 Å². The third kappa shape index (κ3) is 8.38. The van der Waals surface area contributed by atoms with Gasteiger partial charge in [-0.15, -0.1) is 0 Å². The summed E-state index contributed by atoms with van der Waals surface area (Å²) in [5, 5.41) is -1.57. The number of hydrogen-bond acceptors (Lipinski definition) is 5. The fourth-order valence-corrected chi connectivity index (χ4v) is 4.87. The highest BCUT2D eigenvalue weighted by atomic mass is 31.0. The molecule has 1 saturated carbocycles. The van der Waals surface area contributed by atoms with Crippen molar-refractivity contribution in [1.82, 2.24) is 9.55 Å². The van der Waals surface area contributed by atoms with E-state index in [0.717, 1.165) is 65.1 Å². The van der Waals surface area contributed by atoms with E-state index >= 15 is 0 Å². The number of rotatable bonds is 15. The van der Waals surface area contributed by atoms with Crippen LogP contribution in [-0.4, -0.2) is 35.7 Å². The third-order valence-corrected chi connectivity index (χ3v) is 7.64. The lowest BCUT2D eigenvalue weighted by Crippen LogP contribution is -2.10. The SMILES string of the molecule is C=C(CCc1ccc(-c2nc(C(C)(F)P)cn2C)c(C)c1)\C(=C/N=C(CC)\C(C(=C)C1CC1)=C(\N=C/CC)OC)OC. The van der Waals surface area contributed by atoms with Gasteiger partial charge < -0.3 is 14.0 Å². The first-order chi connectivity index (χ1) is 19.9. The van der Waals surface area contributed by atoms with Gasteiger partial charge in [-0.25, -0.2) is 14.4 Å². The lowest BCUT2D eigenvalue weighted by molar-refractivity contribution is 0.286. The normalized spacial score (nSPS) is 16.3. The zero-order valence-electron chi connectivity index (χ0n) is 26.3. The predicted molar refractivity (Wildman–Crippen MR) is 177 cm³/mol. The molecule has 1 aromatic heterocycles. The van der Waals surface area contributed by atoms with E-state index in [1.54, 1.807) is 26.6 Å². The molecule has 1 fully saturated rings. The Morgan fingerprint density at radius 1 is 1.24 bits per heavy atom. The number of allylic oxidation sites excluding steroid dienone is 3. The van der Waals surface area contributed by atoms with Crippen LogP contribution in [0.3, 0.4) is 0 Å². The van der Waals surface area contributed by atoms with Crippen LogP contribution in [0.5, 0.6) is 0 Å². The van der Waals surface area contributed by atoms with Crippen molar-refractivity contribution in [3.63, 3.8) is 0 Å². The molecule has 1 heterocycles. The van der Waals surface area contributed by atoms with Gasteiger partial charge in [-0.1, -0.05) is 54.4 Å². The Balaban J connectivity index is 1.80. The van der Waals surface area contributed by atoms with E-state index < -0.39 is 5.41 Å². The first kappa shape index (κ1) is 33.2. The number of aryl methyl sites for hydroxylation is 3. The monoisotopic (exact) mass is 592 g/mol. The first-order valence-corrected chi connectivity index (χ1v) is 15.1. The highest BCUT2D eigenvalue weighted by molar-refractivity contribution is 7.18. The van der Waals surface area contributed by atoms with Crippen molar-refractivity contribution in [3.05, 3.63) is 88.9 Å². The van der Waals surface area contributed by atoms with Crippen LogP contribution in [0.15, 0.2) is 82.1 Å². The molecule has 1 aromatic carbocycles. The van der Waals surface area contributed by atoms with Crippen LogP contribution in [0.1, 0.15) is 69.7 Å². The molecule has 0 aliphatic heterocycles. The van der Waals surface area contributed by atoms with Gasteiger partial charge in [0.25, 0.3) is 0 Å². The highest BCUT2D eigenvalue weighted by Gasteiger charge is 2.30. The molecule has 6 nitrogen and oxygen atoms in total. The summed E-state index contributed by atoms with van der Waals surface area (Å²) in [5.41, 5.74) is 7.26. The lowest BCUT2D eigenvalue weighted by atomic mass is 9.97. The zero-order chi connectivity index (χ0) is 31.0. The van der Waals surface area contributed by atoms with Crippen molar-refractivity contribution in [1.29, 1.82) is 0 Å². The minimum absolute atomic E-state index is 0.393. The maximum atomic E-state index is 14.4. The van der Waals surface area contributed by atoms with Crippen molar-refractivity contribution in [2.45, 2.75) is 71.6 Å². The summed E-state index contributed by atoms with van der Waals surface area (Å²) in [6.45, 7) is 16.3. The lowest BCUT2D eigenvalue weighted by Gasteiger charge is -2.15. The molecule has 0 spiro atoms. The predicted octanol–water partition coefficient (Wildman–Crippen LogP) is 8.55. The fraction of sp³-hybridized carbons (Fsp3) is 0.441. The Hall–Kier alpha value is -3.31. The second-order valence-corrected chi connectivity index (χ2v) is 12.0. The fourth-order valence-electron chi connectivity index (χ4n) is 4.74. The van der Waals surface area contributed by atoms with Gasteiger partial charge in [0.15, 0.2) is 5.41 Å². The number of alkyl halides is 1. The van der Waals surface area contributed by atoms with Gasteiger partial charge in [0.2, 0.25) is 5.88 Å². The Bertz CT molecular complexity index is 1420. The average molecular weight is 593 g/mol. The third-order valence-electron chi connectivity index (χ3n) is 7.34. The van der Waals surface area contributed by atoms with Crippen LogP contribution in [0.4, 0.5) is 4.39 Å². The Labute approximate surface area is 253 Å². The van der Waals surface area contributed by atoms with Crippen molar-refractivity contribution >= 4 is 21.2 Å². The smallest absolute Gasteiger partial charge is 0.222 e. The summed E-state index contributed by atoms with van der Waals surface area (Å²) in [4.78, 5) is 13.9. The number of aliphatic imine (C=N–C) groups is 2. The van der Waals surface area contributed by atoms with E-state index in [0.29, 0.717) is 36.1 Å². The number of ether oxygens (including phenoxy) is 2. The zero-order valence-corrected chi connectivity index (χ0v) is 27.4. The van der Waals surface area contributed by atoms with Crippen molar-refractivity contribution < 1.29 is 13.9 Å². The maximum absolute atomic E-state index is 14.4. The molecule has 0 N–H and O–H groups in total. The van der Waals surface area contributed by atoms with Crippen LogP contribution < -0.4 is 0 Å². The molecule has 8 heteroatoms. The molecule has 1 aliphatic rings. The number of imidazole rings is 1. The largest absolute Gasteiger partial charge is 0.495 e. The Morgan fingerprint density at radius 3 is 2.48 bits per heavy atom. The van der Waals surface area contributed by atoms with Crippen molar-refractivity contribution in [2.24, 2.45) is 23.0 Å². The molecule has 3 rings (SSSR count). The second-order valence-electron chi connectivity index (χ2n) is 10.9. The first-order valence-electron chi connectivity index (χ1n) is 14.6. The molecule has 0 amide bonds. The number of nitrogens with zero attached hydrogens (tertiary/aromatic N) is 4. The molecule has 2 unspecified atom stereocenters. The van der Waals surface area contributed by atoms with Crippen molar-refractivity contribution in [3.8, 4) is 11.4 Å². The van der Waals surface area contributed by atoms with Gasteiger partial charge in [0.1, 0.15) is 11.6 Å². The molecule has 0 bridgehead atoms. The van der Waals surface area contributed by atoms with Crippen LogP contribution in [0.25, 0.3) is 11.4 Å². The summed E-state index contributed by atoms with van der Waals surface area (Å²) in [6, 6.07) is 6.30. The summed E-state index contributed by atoms with van der Waals surface area (Å²) >= 11 is 0. The van der Waals surface area contributed by atoms with Gasteiger partial charge >= 0.3 is 0 Å². The van der Waals surface area contributed by atoms with Crippen LogP contribution >= 0.6 is 9.24 Å². The average Bonchev–Trinajstić information content (AvgIpc) is 3.73. The number of methoxy groups -OCH3 is 2. The highest BCUT2D eigenvalue weighted by Crippen LogP contribution is 2.41. The quantitative estimate of drug-likeness (QED) is 0.0901. The van der Waals surface area contributed by atoms with Crippen molar-refractivity contribution in [2.75, 3.05) is 14.2 Å². The molecular formula is C34H46FN4O2P. The molecule has 0 saturated heterocycles. The number of halogens is 1. The van der Waals surface area contributed by atoms with Gasteiger partial charge in [0, 0.05) is 25.0 Å². The summed E-state index contributed by atoms with van der Waals surface area (Å²) in [7, 11) is 7.38. The van der Waals surface area contributed by atoms with Gasteiger partial charge in [-0.05, 0) is 80.6 Å². The van der Waals surface area contributed by atoms with E-state index in [9.17, 15) is 4.39 Å². The van der Waals surface area contributed by atoms with E-state index in [2.05, 4.69) is 64.4 Å². The summed E-state index contributed by atoms with van der Waals surface area (Å²) < 4.78 is 27.7. The molecule has 2 aromatic rings. The van der Waals surface area contributed by atoms with Gasteiger partial charge in [-0.2, -0.15) is 0 Å². The topological polar surface area (TPSA) is 61.0 Å². The summed E-state index contributed by atoms with van der Waals surface area (Å²) in [5.74, 6) is 2.37.